The summed E-state index contributed by atoms with van der Waals surface area (Å²) in [6, 6.07) is 18.7. The molecule has 2 N–H and O–H groups in total. The number of nitrogens with one attached hydrogen (secondary N) is 2. The molecule has 1 aliphatic rings. The van der Waals surface area contributed by atoms with Crippen molar-refractivity contribution in [2.45, 2.75) is 31.8 Å². The molecule has 1 aliphatic heterocycles. The van der Waals surface area contributed by atoms with Gasteiger partial charge in [-0.25, -0.2) is 4.79 Å². The fraction of sp³-hybridized carbons (Fsp3) is 0.409. The molecule has 2 aromatic carbocycles. The van der Waals surface area contributed by atoms with Crippen molar-refractivity contribution < 1.29 is 9.53 Å². The first-order chi connectivity index (χ1) is 13.2. The summed E-state index contributed by atoms with van der Waals surface area (Å²) in [4.78, 5) is 14.6. The van der Waals surface area contributed by atoms with Gasteiger partial charge in [0.25, 0.3) is 0 Å². The average molecular weight is 367 g/mol. The zero-order chi connectivity index (χ0) is 18.9. The van der Waals surface area contributed by atoms with Crippen molar-refractivity contribution in [3.63, 3.8) is 0 Å². The zero-order valence-electron chi connectivity index (χ0n) is 16.0. The standard InChI is InChI=1S/C22H29N3O2/c1-27-21-9-5-8-18(16-21)10-13-23-22(26)24-20-11-14-25(15-12-20)17-19-6-3-2-4-7-19/h2-9,16,20H,10-15,17H2,1H3,(H2,23,24,26). The van der Waals surface area contributed by atoms with Crippen LogP contribution in [-0.4, -0.2) is 43.7 Å². The third-order valence-electron chi connectivity index (χ3n) is 5.01. The van der Waals surface area contributed by atoms with E-state index in [9.17, 15) is 4.79 Å². The van der Waals surface area contributed by atoms with Crippen LogP contribution in [0.15, 0.2) is 54.6 Å². The van der Waals surface area contributed by atoms with Crippen molar-refractivity contribution in [2.75, 3.05) is 26.7 Å². The van der Waals surface area contributed by atoms with Crippen molar-refractivity contribution >= 4 is 6.03 Å². The highest BCUT2D eigenvalue weighted by atomic mass is 16.5. The van der Waals surface area contributed by atoms with Gasteiger partial charge in [-0.05, 0) is 42.5 Å². The maximum Gasteiger partial charge on any atom is 0.315 e. The highest BCUT2D eigenvalue weighted by Gasteiger charge is 2.20. The van der Waals surface area contributed by atoms with Gasteiger partial charge in [-0.3, -0.25) is 4.90 Å². The Hall–Kier alpha value is -2.53. The van der Waals surface area contributed by atoms with Gasteiger partial charge in [-0.15, -0.1) is 0 Å². The van der Waals surface area contributed by atoms with Crippen LogP contribution in [0.5, 0.6) is 5.75 Å². The molecule has 5 heteroatoms. The lowest BCUT2D eigenvalue weighted by atomic mass is 10.0. The van der Waals surface area contributed by atoms with E-state index >= 15 is 0 Å². The Labute approximate surface area is 161 Å². The molecule has 2 aromatic rings. The summed E-state index contributed by atoms with van der Waals surface area (Å²) in [6.45, 7) is 3.64. The normalized spacial score (nSPS) is 15.3. The van der Waals surface area contributed by atoms with E-state index in [0.29, 0.717) is 6.54 Å². The summed E-state index contributed by atoms with van der Waals surface area (Å²) < 4.78 is 5.23. The number of hydrogen-bond acceptors (Lipinski definition) is 3. The van der Waals surface area contributed by atoms with E-state index < -0.39 is 0 Å². The second-order valence-electron chi connectivity index (χ2n) is 7.04. The largest absolute Gasteiger partial charge is 0.497 e. The van der Waals surface area contributed by atoms with Gasteiger partial charge in [0.2, 0.25) is 0 Å². The minimum Gasteiger partial charge on any atom is -0.497 e. The molecule has 0 spiro atoms. The monoisotopic (exact) mass is 367 g/mol. The Kier molecular flexibility index (Phi) is 7.11. The minimum absolute atomic E-state index is 0.0700. The molecular formula is C22H29N3O2. The highest BCUT2D eigenvalue weighted by molar-refractivity contribution is 5.74. The molecule has 0 unspecified atom stereocenters. The summed E-state index contributed by atoms with van der Waals surface area (Å²) in [5.74, 6) is 0.846. The number of piperidine rings is 1. The molecule has 3 rings (SSSR count). The maximum absolute atomic E-state index is 12.1. The Morgan fingerprint density at radius 3 is 2.56 bits per heavy atom. The second kappa shape index (κ2) is 9.97. The van der Waals surface area contributed by atoms with Crippen LogP contribution in [0.2, 0.25) is 0 Å². The summed E-state index contributed by atoms with van der Waals surface area (Å²) in [7, 11) is 1.66. The van der Waals surface area contributed by atoms with Gasteiger partial charge in [0, 0.05) is 32.2 Å². The van der Waals surface area contributed by atoms with Crippen LogP contribution in [0, 0.1) is 0 Å². The number of ether oxygens (including phenoxy) is 1. The SMILES string of the molecule is COc1cccc(CCNC(=O)NC2CCN(Cc3ccccc3)CC2)c1. The van der Waals surface area contributed by atoms with Crippen molar-refractivity contribution in [1.82, 2.24) is 15.5 Å². The molecule has 0 radical (unpaired) electrons. The summed E-state index contributed by atoms with van der Waals surface area (Å²) >= 11 is 0. The highest BCUT2D eigenvalue weighted by Crippen LogP contribution is 2.14. The number of urea groups is 1. The van der Waals surface area contributed by atoms with Crippen molar-refractivity contribution in [3.05, 3.63) is 65.7 Å². The molecule has 0 bridgehead atoms. The number of rotatable bonds is 7. The smallest absolute Gasteiger partial charge is 0.315 e. The first-order valence-electron chi connectivity index (χ1n) is 9.66. The van der Waals surface area contributed by atoms with Gasteiger partial charge in [-0.1, -0.05) is 42.5 Å². The molecule has 0 atom stereocenters. The number of nitrogens with zero attached hydrogens (tertiary/aromatic N) is 1. The maximum atomic E-state index is 12.1. The van der Waals surface area contributed by atoms with Crippen LogP contribution in [0.25, 0.3) is 0 Å². The predicted molar refractivity (Wildman–Crippen MR) is 108 cm³/mol. The van der Waals surface area contributed by atoms with E-state index in [-0.39, 0.29) is 12.1 Å². The van der Waals surface area contributed by atoms with Gasteiger partial charge in [-0.2, -0.15) is 0 Å². The van der Waals surface area contributed by atoms with Crippen LogP contribution in [0.4, 0.5) is 4.79 Å². The van der Waals surface area contributed by atoms with E-state index in [1.807, 2.05) is 30.3 Å². The summed E-state index contributed by atoms with van der Waals surface area (Å²) in [5.41, 5.74) is 2.50. The number of likely N-dealkylation sites (tertiary alicyclic amines) is 1. The Morgan fingerprint density at radius 2 is 1.81 bits per heavy atom. The van der Waals surface area contributed by atoms with Crippen LogP contribution in [0.3, 0.4) is 0 Å². The molecular weight excluding hydrogens is 338 g/mol. The summed E-state index contributed by atoms with van der Waals surface area (Å²) in [5, 5.41) is 6.07. The molecule has 2 amide bonds. The van der Waals surface area contributed by atoms with E-state index in [0.717, 1.165) is 50.2 Å². The number of benzene rings is 2. The fourth-order valence-corrected chi connectivity index (χ4v) is 3.46. The van der Waals surface area contributed by atoms with Crippen LogP contribution in [0.1, 0.15) is 24.0 Å². The zero-order valence-corrected chi connectivity index (χ0v) is 16.0. The lowest BCUT2D eigenvalue weighted by Crippen LogP contribution is -2.48. The lowest BCUT2D eigenvalue weighted by Gasteiger charge is -2.32. The van der Waals surface area contributed by atoms with Gasteiger partial charge in [0.15, 0.2) is 0 Å². The molecule has 0 aliphatic carbocycles. The molecule has 144 valence electrons. The van der Waals surface area contributed by atoms with Crippen molar-refractivity contribution in [1.29, 1.82) is 0 Å². The van der Waals surface area contributed by atoms with Crippen molar-refractivity contribution in [3.8, 4) is 5.75 Å². The topological polar surface area (TPSA) is 53.6 Å². The first kappa shape index (κ1) is 19.2. The van der Waals surface area contributed by atoms with Gasteiger partial charge in [0.05, 0.1) is 7.11 Å². The fourth-order valence-electron chi connectivity index (χ4n) is 3.46. The summed E-state index contributed by atoms with van der Waals surface area (Å²) in [6.07, 6.45) is 2.78. The molecule has 0 aromatic heterocycles. The van der Waals surface area contributed by atoms with E-state index in [1.54, 1.807) is 7.11 Å². The second-order valence-corrected chi connectivity index (χ2v) is 7.04. The van der Waals surface area contributed by atoms with E-state index in [2.05, 4.69) is 39.8 Å². The Balaban J connectivity index is 1.33. The molecule has 5 nitrogen and oxygen atoms in total. The number of carbonyl (C=O) groups is 1. The third kappa shape index (κ3) is 6.29. The molecule has 1 saturated heterocycles. The number of carbonyl (C=O) groups excluding carboxylic acids is 1. The lowest BCUT2D eigenvalue weighted by molar-refractivity contribution is 0.186. The number of methoxy groups -OCH3 is 1. The third-order valence-corrected chi connectivity index (χ3v) is 5.01. The van der Waals surface area contributed by atoms with Gasteiger partial charge in [0.1, 0.15) is 5.75 Å². The molecule has 1 fully saturated rings. The van der Waals surface area contributed by atoms with E-state index in [1.165, 1.54) is 5.56 Å². The molecule has 27 heavy (non-hydrogen) atoms. The average Bonchev–Trinajstić information content (AvgIpc) is 2.70. The van der Waals surface area contributed by atoms with Crippen LogP contribution < -0.4 is 15.4 Å². The minimum atomic E-state index is -0.0700. The Bertz CT molecular complexity index is 713. The van der Waals surface area contributed by atoms with Gasteiger partial charge < -0.3 is 15.4 Å². The van der Waals surface area contributed by atoms with E-state index in [4.69, 9.17) is 4.74 Å². The van der Waals surface area contributed by atoms with Crippen molar-refractivity contribution in [2.24, 2.45) is 0 Å². The molecule has 0 saturated carbocycles. The number of hydrogen-bond donors (Lipinski definition) is 2. The predicted octanol–water partition coefficient (Wildman–Crippen LogP) is 3.20. The van der Waals surface area contributed by atoms with Crippen LogP contribution >= 0.6 is 0 Å². The first-order valence-corrected chi connectivity index (χ1v) is 9.66. The van der Waals surface area contributed by atoms with Gasteiger partial charge >= 0.3 is 6.03 Å². The Morgan fingerprint density at radius 1 is 1.07 bits per heavy atom. The quantitative estimate of drug-likeness (QED) is 0.790. The number of amides is 2. The molecule has 1 heterocycles. The van der Waals surface area contributed by atoms with Crippen LogP contribution in [-0.2, 0) is 13.0 Å².